The van der Waals surface area contributed by atoms with Gasteiger partial charge < -0.3 is 10.8 Å². The van der Waals surface area contributed by atoms with Crippen molar-refractivity contribution in [3.63, 3.8) is 0 Å². The summed E-state index contributed by atoms with van der Waals surface area (Å²) in [6.07, 6.45) is 5.26. The quantitative estimate of drug-likeness (QED) is 0.526. The maximum absolute atomic E-state index is 11.1. The number of aromatic nitrogens is 6. The molecule has 3 heterocycles. The van der Waals surface area contributed by atoms with Crippen molar-refractivity contribution in [2.24, 2.45) is 12.8 Å². The normalized spacial score (nSPS) is 12.4. The third-order valence-corrected chi connectivity index (χ3v) is 4.45. The molecule has 0 aliphatic carbocycles. The molecule has 0 fully saturated rings. The predicted molar refractivity (Wildman–Crippen MR) is 103 cm³/mol. The maximum Gasteiger partial charge on any atom is 0.320 e. The van der Waals surface area contributed by atoms with Crippen molar-refractivity contribution in [1.29, 1.82) is 0 Å². The Balaban J connectivity index is 1.88. The highest BCUT2D eigenvalue weighted by Crippen LogP contribution is 2.26. The number of carboxylic acids is 1. The molecule has 10 heteroatoms. The highest BCUT2D eigenvalue weighted by Gasteiger charge is 2.19. The Bertz CT molecular complexity index is 1170. The van der Waals surface area contributed by atoms with Crippen LogP contribution in [-0.2, 0) is 18.3 Å². The predicted octanol–water partition coefficient (Wildman–Crippen LogP) is 1.80. The van der Waals surface area contributed by atoms with E-state index < -0.39 is 12.0 Å². The minimum atomic E-state index is -1.11. The second-order valence-electron chi connectivity index (χ2n) is 6.33. The highest BCUT2D eigenvalue weighted by atomic mass is 35.5. The first kappa shape index (κ1) is 18.1. The third kappa shape index (κ3) is 3.45. The van der Waals surface area contributed by atoms with Crippen molar-refractivity contribution < 1.29 is 9.90 Å². The summed E-state index contributed by atoms with van der Waals surface area (Å²) in [5.74, 6) is -0.776. The fourth-order valence-corrected chi connectivity index (χ4v) is 2.93. The number of hydrogen-bond acceptors (Lipinski definition) is 6. The molecule has 4 rings (SSSR count). The van der Waals surface area contributed by atoms with Crippen LogP contribution in [0.25, 0.3) is 28.2 Å². The lowest BCUT2D eigenvalue weighted by atomic mass is 10.1. The minimum absolute atomic E-state index is 0.0137. The summed E-state index contributed by atoms with van der Waals surface area (Å²) >= 11 is 5.98. The van der Waals surface area contributed by atoms with Gasteiger partial charge in [0.1, 0.15) is 11.7 Å². The Morgan fingerprint density at radius 3 is 2.61 bits per heavy atom. The molecule has 4 aromatic rings. The molecule has 0 radical (unpaired) electrons. The Morgan fingerprint density at radius 2 is 1.96 bits per heavy atom. The average Bonchev–Trinajstić information content (AvgIpc) is 3.27. The van der Waals surface area contributed by atoms with Crippen molar-refractivity contribution >= 4 is 23.2 Å². The second kappa shape index (κ2) is 7.02. The molecule has 0 amide bonds. The van der Waals surface area contributed by atoms with Gasteiger partial charge in [0.05, 0.1) is 18.1 Å². The van der Waals surface area contributed by atoms with Gasteiger partial charge >= 0.3 is 5.97 Å². The highest BCUT2D eigenvalue weighted by molar-refractivity contribution is 6.30. The lowest BCUT2D eigenvalue weighted by molar-refractivity contribution is -0.138. The van der Waals surface area contributed by atoms with Crippen LogP contribution in [0, 0.1) is 0 Å². The largest absolute Gasteiger partial charge is 0.480 e. The van der Waals surface area contributed by atoms with Crippen LogP contribution in [0.15, 0.2) is 42.9 Å². The summed E-state index contributed by atoms with van der Waals surface area (Å²) in [6, 6.07) is 6.21. The first-order valence-corrected chi connectivity index (χ1v) is 8.78. The molecule has 0 bridgehead atoms. The molecule has 28 heavy (non-hydrogen) atoms. The monoisotopic (exact) mass is 397 g/mol. The van der Waals surface area contributed by atoms with Crippen LogP contribution in [0.2, 0.25) is 5.02 Å². The number of carboxylic acid groups (broad SMARTS) is 1. The van der Waals surface area contributed by atoms with E-state index in [1.165, 1.54) is 0 Å². The second-order valence-corrected chi connectivity index (χ2v) is 6.77. The Kier molecular flexibility index (Phi) is 4.54. The van der Waals surface area contributed by atoms with E-state index in [4.69, 9.17) is 27.4 Å². The summed E-state index contributed by atoms with van der Waals surface area (Å²) in [6.45, 7) is 0. The van der Waals surface area contributed by atoms with E-state index in [1.807, 2.05) is 25.4 Å². The molecule has 0 saturated heterocycles. The number of aryl methyl sites for hydroxylation is 1. The van der Waals surface area contributed by atoms with Crippen LogP contribution in [-0.4, -0.2) is 46.5 Å². The van der Waals surface area contributed by atoms with Crippen LogP contribution in [0.4, 0.5) is 0 Å². The molecular weight excluding hydrogens is 382 g/mol. The van der Waals surface area contributed by atoms with Gasteiger partial charge in [0.2, 0.25) is 0 Å². The number of fused-ring (bicyclic) bond motifs is 1. The summed E-state index contributed by atoms with van der Waals surface area (Å²) < 4.78 is 3.25. The summed E-state index contributed by atoms with van der Waals surface area (Å²) in [4.78, 5) is 20.3. The van der Waals surface area contributed by atoms with Crippen LogP contribution in [0.5, 0.6) is 0 Å². The van der Waals surface area contributed by atoms with E-state index in [9.17, 15) is 4.79 Å². The van der Waals surface area contributed by atoms with Gasteiger partial charge in [-0.2, -0.15) is 10.2 Å². The number of aliphatic carboxylic acids is 1. The van der Waals surface area contributed by atoms with E-state index in [-0.39, 0.29) is 6.42 Å². The number of rotatable bonds is 5. The van der Waals surface area contributed by atoms with E-state index in [0.29, 0.717) is 27.9 Å². The Hall–Kier alpha value is -3.30. The average molecular weight is 398 g/mol. The van der Waals surface area contributed by atoms with Gasteiger partial charge in [-0.05, 0) is 12.1 Å². The molecule has 0 saturated carbocycles. The van der Waals surface area contributed by atoms with Gasteiger partial charge in [0, 0.05) is 35.8 Å². The molecule has 3 aromatic heterocycles. The van der Waals surface area contributed by atoms with Gasteiger partial charge in [0.15, 0.2) is 11.5 Å². The number of nitrogens with zero attached hydrogens (tertiary/aromatic N) is 6. The third-order valence-electron chi connectivity index (χ3n) is 4.20. The van der Waals surface area contributed by atoms with Crippen molar-refractivity contribution in [2.45, 2.75) is 12.5 Å². The molecule has 9 nitrogen and oxygen atoms in total. The van der Waals surface area contributed by atoms with Gasteiger partial charge in [0.25, 0.3) is 0 Å². The van der Waals surface area contributed by atoms with E-state index in [2.05, 4.69) is 15.2 Å². The number of carbonyl (C=O) groups is 1. The molecule has 3 N–H and O–H groups in total. The Morgan fingerprint density at radius 1 is 1.21 bits per heavy atom. The van der Waals surface area contributed by atoms with Gasteiger partial charge in [-0.3, -0.25) is 9.48 Å². The molecular formula is C18H16ClN7O2. The number of halogens is 1. The minimum Gasteiger partial charge on any atom is -0.480 e. The molecule has 0 aliphatic heterocycles. The lowest BCUT2D eigenvalue weighted by Gasteiger charge is -2.05. The first-order chi connectivity index (χ1) is 13.4. The fraction of sp³-hybridized carbons (Fsp3) is 0.167. The van der Waals surface area contributed by atoms with Gasteiger partial charge in [-0.25, -0.2) is 14.5 Å². The topological polar surface area (TPSA) is 124 Å². The summed E-state index contributed by atoms with van der Waals surface area (Å²) in [5, 5.41) is 18.3. The van der Waals surface area contributed by atoms with Crippen LogP contribution < -0.4 is 5.73 Å². The molecule has 1 aromatic carbocycles. The van der Waals surface area contributed by atoms with Crippen molar-refractivity contribution in [3.8, 4) is 22.5 Å². The zero-order chi connectivity index (χ0) is 19.8. The lowest BCUT2D eigenvalue weighted by Crippen LogP contribution is -2.32. The molecule has 1 atom stereocenters. The van der Waals surface area contributed by atoms with Crippen molar-refractivity contribution in [1.82, 2.24) is 29.4 Å². The number of benzene rings is 1. The zero-order valence-electron chi connectivity index (χ0n) is 14.8. The maximum atomic E-state index is 11.1. The van der Waals surface area contributed by atoms with Gasteiger partial charge in [-0.15, -0.1) is 0 Å². The van der Waals surface area contributed by atoms with Crippen LogP contribution in [0.3, 0.4) is 0 Å². The zero-order valence-corrected chi connectivity index (χ0v) is 15.6. The molecule has 0 spiro atoms. The van der Waals surface area contributed by atoms with E-state index in [1.54, 1.807) is 33.7 Å². The standard InChI is InChI=1S/C18H16ClN7O2/c1-25-8-11(7-21-25)16-17-23-15(6-13(20)18(27)28)24-26(17)9-14(22-16)10-2-4-12(19)5-3-10/h2-5,7-9,13H,6,20H2,1H3,(H,27,28)/t13-/m0/s1. The fourth-order valence-electron chi connectivity index (χ4n) is 2.80. The summed E-state index contributed by atoms with van der Waals surface area (Å²) in [7, 11) is 1.81. The van der Waals surface area contributed by atoms with Crippen molar-refractivity contribution in [3.05, 3.63) is 53.7 Å². The van der Waals surface area contributed by atoms with Crippen molar-refractivity contribution in [2.75, 3.05) is 0 Å². The number of nitrogens with two attached hydrogens (primary N) is 1. The first-order valence-electron chi connectivity index (χ1n) is 8.40. The SMILES string of the molecule is Cn1cc(-c2nc(-c3ccc(Cl)cc3)cn3nc(C[C@H](N)C(=O)O)nc23)cn1. The molecule has 142 valence electrons. The number of hydrogen-bond donors (Lipinski definition) is 2. The molecule has 0 unspecified atom stereocenters. The van der Waals surface area contributed by atoms with Gasteiger partial charge in [-0.1, -0.05) is 23.7 Å². The van der Waals surface area contributed by atoms with E-state index >= 15 is 0 Å². The van der Waals surface area contributed by atoms with Crippen LogP contribution in [0.1, 0.15) is 5.82 Å². The summed E-state index contributed by atoms with van der Waals surface area (Å²) in [5.41, 5.74) is 9.01. The van der Waals surface area contributed by atoms with E-state index in [0.717, 1.165) is 11.1 Å². The smallest absolute Gasteiger partial charge is 0.320 e. The Labute approximate surface area is 164 Å². The van der Waals surface area contributed by atoms with Crippen LogP contribution >= 0.6 is 11.6 Å². The molecule has 0 aliphatic rings.